The highest BCUT2D eigenvalue weighted by atomic mass is 19.1. The van der Waals surface area contributed by atoms with Crippen LogP contribution in [0.25, 0.3) is 16.3 Å². The maximum atomic E-state index is 14.6. The predicted octanol–water partition coefficient (Wildman–Crippen LogP) is 5.02. The zero-order valence-corrected chi connectivity index (χ0v) is 14.3. The Kier molecular flexibility index (Phi) is 4.98. The van der Waals surface area contributed by atoms with Crippen molar-refractivity contribution in [2.75, 3.05) is 5.32 Å². The molecule has 0 unspecified atom stereocenters. The highest BCUT2D eigenvalue weighted by Crippen LogP contribution is 2.25. The number of hydrogen-bond donors (Lipinski definition) is 2. The molecule has 1 amide bonds. The zero-order chi connectivity index (χ0) is 19.6. The van der Waals surface area contributed by atoms with Gasteiger partial charge in [0, 0.05) is 0 Å². The van der Waals surface area contributed by atoms with E-state index in [0.29, 0.717) is 5.56 Å². The summed E-state index contributed by atoms with van der Waals surface area (Å²) in [6.45, 7) is 1.46. The molecular formula is C21H15F2NO3. The summed E-state index contributed by atoms with van der Waals surface area (Å²) in [7, 11) is 0. The molecule has 0 aliphatic heterocycles. The highest BCUT2D eigenvalue weighted by Gasteiger charge is 2.18. The average molecular weight is 367 g/mol. The number of carbonyl (C=O) groups is 2. The van der Waals surface area contributed by atoms with Crippen molar-refractivity contribution in [2.45, 2.75) is 6.92 Å². The number of fused-ring (bicyclic) bond motifs is 1. The summed E-state index contributed by atoms with van der Waals surface area (Å²) in [6, 6.07) is 15.7. The molecule has 3 aromatic carbocycles. The minimum atomic E-state index is -1.43. The highest BCUT2D eigenvalue weighted by molar-refractivity contribution is 6.09. The SMILES string of the molecule is C/C(=C(/F)C(=O)Nc1ccc(F)cc1C(=O)O)c1ccc2ccccc2c1. The van der Waals surface area contributed by atoms with Crippen LogP contribution in [0.5, 0.6) is 0 Å². The minimum absolute atomic E-state index is 0.109. The molecule has 2 N–H and O–H groups in total. The number of hydrogen-bond acceptors (Lipinski definition) is 2. The van der Waals surface area contributed by atoms with Gasteiger partial charge >= 0.3 is 5.97 Å². The number of anilines is 1. The molecule has 0 fully saturated rings. The van der Waals surface area contributed by atoms with Crippen molar-refractivity contribution in [2.24, 2.45) is 0 Å². The number of nitrogens with one attached hydrogen (secondary N) is 1. The van der Waals surface area contributed by atoms with E-state index in [0.717, 1.165) is 29.0 Å². The fourth-order valence-electron chi connectivity index (χ4n) is 2.70. The molecule has 6 heteroatoms. The molecule has 0 atom stereocenters. The molecule has 136 valence electrons. The van der Waals surface area contributed by atoms with Crippen molar-refractivity contribution < 1.29 is 23.5 Å². The third-order valence-corrected chi connectivity index (χ3v) is 4.17. The van der Waals surface area contributed by atoms with E-state index in [1.807, 2.05) is 30.3 Å². The number of rotatable bonds is 4. The molecule has 3 rings (SSSR count). The van der Waals surface area contributed by atoms with E-state index in [1.165, 1.54) is 6.92 Å². The van der Waals surface area contributed by atoms with Gasteiger partial charge in [0.05, 0.1) is 11.3 Å². The van der Waals surface area contributed by atoms with Gasteiger partial charge in [0.15, 0.2) is 5.83 Å². The van der Waals surface area contributed by atoms with Crippen LogP contribution in [0.3, 0.4) is 0 Å². The number of carboxylic acids is 1. The molecule has 0 saturated carbocycles. The summed E-state index contributed by atoms with van der Waals surface area (Å²) in [4.78, 5) is 23.4. The Bertz CT molecular complexity index is 1090. The molecule has 0 bridgehead atoms. The number of halogens is 2. The second kappa shape index (κ2) is 7.37. The molecule has 0 radical (unpaired) electrons. The lowest BCUT2D eigenvalue weighted by Crippen LogP contribution is -2.16. The van der Waals surface area contributed by atoms with Gasteiger partial charge in [0.2, 0.25) is 0 Å². The fraction of sp³-hybridized carbons (Fsp3) is 0.0476. The first kappa shape index (κ1) is 18.3. The van der Waals surface area contributed by atoms with Gasteiger partial charge in [0.1, 0.15) is 5.82 Å². The first-order valence-corrected chi connectivity index (χ1v) is 8.06. The molecule has 4 nitrogen and oxygen atoms in total. The average Bonchev–Trinajstić information content (AvgIpc) is 2.67. The Hall–Kier alpha value is -3.54. The van der Waals surface area contributed by atoms with Gasteiger partial charge in [-0.2, -0.15) is 0 Å². The number of carboxylic acid groups (broad SMARTS) is 1. The van der Waals surface area contributed by atoms with Gasteiger partial charge in [-0.15, -0.1) is 0 Å². The summed E-state index contributed by atoms with van der Waals surface area (Å²) in [5.41, 5.74) is -0.00831. The maximum Gasteiger partial charge on any atom is 0.337 e. The maximum absolute atomic E-state index is 14.6. The van der Waals surface area contributed by atoms with Crippen LogP contribution in [0, 0.1) is 5.82 Å². The normalized spacial score (nSPS) is 11.8. The van der Waals surface area contributed by atoms with Gasteiger partial charge in [-0.25, -0.2) is 13.6 Å². The van der Waals surface area contributed by atoms with Crippen LogP contribution in [0.1, 0.15) is 22.8 Å². The van der Waals surface area contributed by atoms with Crippen LogP contribution in [0.15, 0.2) is 66.5 Å². The number of allylic oxidation sites excluding steroid dienone is 1. The lowest BCUT2D eigenvalue weighted by atomic mass is 10.0. The third kappa shape index (κ3) is 3.84. The quantitative estimate of drug-likeness (QED) is 0.637. The Morgan fingerprint density at radius 1 is 0.963 bits per heavy atom. The summed E-state index contributed by atoms with van der Waals surface area (Å²) >= 11 is 0. The van der Waals surface area contributed by atoms with Gasteiger partial charge in [-0.3, -0.25) is 4.79 Å². The monoisotopic (exact) mass is 367 g/mol. The van der Waals surface area contributed by atoms with Crippen molar-refractivity contribution in [3.05, 3.63) is 83.4 Å². The van der Waals surface area contributed by atoms with Crippen LogP contribution in [-0.2, 0) is 4.79 Å². The van der Waals surface area contributed by atoms with Gasteiger partial charge < -0.3 is 10.4 Å². The number of carbonyl (C=O) groups excluding carboxylic acids is 1. The Morgan fingerprint density at radius 3 is 2.37 bits per heavy atom. The van der Waals surface area contributed by atoms with Crippen molar-refractivity contribution in [3.63, 3.8) is 0 Å². The molecular weight excluding hydrogens is 352 g/mol. The number of benzene rings is 3. The van der Waals surface area contributed by atoms with Crippen LogP contribution in [0.2, 0.25) is 0 Å². The minimum Gasteiger partial charge on any atom is -0.478 e. The molecule has 0 aromatic heterocycles. The van der Waals surface area contributed by atoms with E-state index in [1.54, 1.807) is 12.1 Å². The lowest BCUT2D eigenvalue weighted by Gasteiger charge is -2.10. The molecule has 0 aliphatic carbocycles. The summed E-state index contributed by atoms with van der Waals surface area (Å²) in [5, 5.41) is 13.2. The fourth-order valence-corrected chi connectivity index (χ4v) is 2.70. The van der Waals surface area contributed by atoms with Crippen LogP contribution >= 0.6 is 0 Å². The Balaban J connectivity index is 1.92. The number of amides is 1. The summed E-state index contributed by atoms with van der Waals surface area (Å²) in [6.07, 6.45) is 0. The Morgan fingerprint density at radius 2 is 1.67 bits per heavy atom. The molecule has 3 aromatic rings. The summed E-state index contributed by atoms with van der Waals surface area (Å²) in [5.74, 6) is -4.35. The van der Waals surface area contributed by atoms with E-state index >= 15 is 0 Å². The van der Waals surface area contributed by atoms with E-state index in [9.17, 15) is 18.4 Å². The van der Waals surface area contributed by atoms with Crippen molar-refractivity contribution >= 4 is 33.9 Å². The first-order chi connectivity index (χ1) is 12.9. The van der Waals surface area contributed by atoms with Gasteiger partial charge in [0.25, 0.3) is 5.91 Å². The van der Waals surface area contributed by atoms with Crippen LogP contribution in [-0.4, -0.2) is 17.0 Å². The van der Waals surface area contributed by atoms with Crippen molar-refractivity contribution in [1.82, 2.24) is 0 Å². The van der Waals surface area contributed by atoms with Crippen molar-refractivity contribution in [3.8, 4) is 0 Å². The van der Waals surface area contributed by atoms with Gasteiger partial charge in [-0.05, 0) is 53.1 Å². The molecule has 0 aliphatic rings. The van der Waals surface area contributed by atoms with Crippen LogP contribution in [0.4, 0.5) is 14.5 Å². The van der Waals surface area contributed by atoms with Crippen molar-refractivity contribution in [1.29, 1.82) is 0 Å². The lowest BCUT2D eigenvalue weighted by molar-refractivity contribution is -0.114. The second-order valence-corrected chi connectivity index (χ2v) is 5.95. The Labute approximate surface area is 153 Å². The molecule has 0 spiro atoms. The third-order valence-electron chi connectivity index (χ3n) is 4.17. The van der Waals surface area contributed by atoms with E-state index in [-0.39, 0.29) is 11.3 Å². The van der Waals surface area contributed by atoms with E-state index in [2.05, 4.69) is 5.32 Å². The first-order valence-electron chi connectivity index (χ1n) is 8.06. The van der Waals surface area contributed by atoms with Gasteiger partial charge in [-0.1, -0.05) is 36.4 Å². The molecule has 27 heavy (non-hydrogen) atoms. The molecule has 0 saturated heterocycles. The second-order valence-electron chi connectivity index (χ2n) is 5.95. The standard InChI is InChI=1S/C21H15F2NO3/c1-12(14-7-6-13-4-2-3-5-15(13)10-14)19(23)20(25)24-18-9-8-16(22)11-17(18)21(26)27/h2-11H,1H3,(H,24,25)(H,26,27)/b19-12-. The topological polar surface area (TPSA) is 66.4 Å². The predicted molar refractivity (Wildman–Crippen MR) is 99.6 cm³/mol. The van der Waals surface area contributed by atoms with E-state index in [4.69, 9.17) is 5.11 Å². The van der Waals surface area contributed by atoms with E-state index < -0.39 is 29.1 Å². The smallest absolute Gasteiger partial charge is 0.337 e. The zero-order valence-electron chi connectivity index (χ0n) is 14.3. The van der Waals surface area contributed by atoms with Crippen LogP contribution < -0.4 is 5.32 Å². The molecule has 0 heterocycles. The number of aromatic carboxylic acids is 1. The summed E-state index contributed by atoms with van der Waals surface area (Å²) < 4.78 is 27.8. The largest absolute Gasteiger partial charge is 0.478 e.